The zero-order valence-electron chi connectivity index (χ0n) is 10.4. The molecule has 0 unspecified atom stereocenters. The van der Waals surface area contributed by atoms with Gasteiger partial charge in [0.25, 0.3) is 0 Å². The molecule has 0 heterocycles. The summed E-state index contributed by atoms with van der Waals surface area (Å²) in [7, 11) is 5.94. The van der Waals surface area contributed by atoms with E-state index in [9.17, 15) is 4.39 Å². The van der Waals surface area contributed by atoms with E-state index in [-0.39, 0.29) is 10.8 Å². The largest absolute Gasteiger partial charge is 0.389 e. The van der Waals surface area contributed by atoms with Crippen LogP contribution in [-0.4, -0.2) is 44.1 Å². The third-order valence-corrected chi connectivity index (χ3v) is 2.76. The second-order valence-corrected chi connectivity index (χ2v) is 4.69. The van der Waals surface area contributed by atoms with Gasteiger partial charge in [0.1, 0.15) is 10.8 Å². The van der Waals surface area contributed by atoms with E-state index in [4.69, 9.17) is 18.0 Å². The molecule has 0 saturated heterocycles. The molecule has 0 radical (unpaired) electrons. The molecule has 0 aliphatic carbocycles. The van der Waals surface area contributed by atoms with Crippen LogP contribution in [0.2, 0.25) is 0 Å². The Morgan fingerprint density at radius 1 is 1.29 bits per heavy atom. The standard InChI is InChI=1S/C12H18FN3S/c1-15(2)6-7-16(3)9-4-5-10(12(14)17)11(13)8-9/h4-5,8H,6-7H2,1-3H3,(H2,14,17). The van der Waals surface area contributed by atoms with Gasteiger partial charge in [-0.25, -0.2) is 4.39 Å². The minimum atomic E-state index is -0.369. The van der Waals surface area contributed by atoms with E-state index in [1.54, 1.807) is 6.07 Å². The first-order valence-corrected chi connectivity index (χ1v) is 5.78. The second-order valence-electron chi connectivity index (χ2n) is 4.25. The van der Waals surface area contributed by atoms with Gasteiger partial charge < -0.3 is 15.5 Å². The summed E-state index contributed by atoms with van der Waals surface area (Å²) >= 11 is 4.76. The molecule has 94 valence electrons. The summed E-state index contributed by atoms with van der Waals surface area (Å²) < 4.78 is 13.7. The smallest absolute Gasteiger partial charge is 0.135 e. The molecule has 3 nitrogen and oxygen atoms in total. The highest BCUT2D eigenvalue weighted by Gasteiger charge is 2.08. The van der Waals surface area contributed by atoms with Crippen LogP contribution in [0.1, 0.15) is 5.56 Å². The third kappa shape index (κ3) is 3.94. The number of halogens is 1. The number of benzene rings is 1. The number of hydrogen-bond donors (Lipinski definition) is 1. The Balaban J connectivity index is 2.79. The zero-order chi connectivity index (χ0) is 13.0. The molecule has 0 atom stereocenters. The molecule has 1 aromatic rings. The summed E-state index contributed by atoms with van der Waals surface area (Å²) in [5.41, 5.74) is 6.53. The average Bonchev–Trinajstić information content (AvgIpc) is 2.25. The molecule has 0 amide bonds. The van der Waals surface area contributed by atoms with Gasteiger partial charge in [-0.05, 0) is 32.3 Å². The van der Waals surface area contributed by atoms with E-state index >= 15 is 0 Å². The molecule has 5 heteroatoms. The van der Waals surface area contributed by atoms with Crippen molar-refractivity contribution in [2.24, 2.45) is 5.73 Å². The first-order valence-electron chi connectivity index (χ1n) is 5.37. The Hall–Kier alpha value is -1.20. The van der Waals surface area contributed by atoms with E-state index in [1.807, 2.05) is 32.1 Å². The normalized spacial score (nSPS) is 10.6. The fourth-order valence-corrected chi connectivity index (χ4v) is 1.59. The van der Waals surface area contributed by atoms with E-state index in [2.05, 4.69) is 4.90 Å². The SMILES string of the molecule is CN(C)CCN(C)c1ccc(C(N)=S)c(F)c1. The van der Waals surface area contributed by atoms with Crippen LogP contribution in [-0.2, 0) is 0 Å². The van der Waals surface area contributed by atoms with Gasteiger partial charge in [-0.3, -0.25) is 0 Å². The maximum absolute atomic E-state index is 13.7. The van der Waals surface area contributed by atoms with E-state index in [0.717, 1.165) is 18.8 Å². The fraction of sp³-hybridized carbons (Fsp3) is 0.417. The zero-order valence-corrected chi connectivity index (χ0v) is 11.2. The molecule has 1 rings (SSSR count). The van der Waals surface area contributed by atoms with Crippen molar-refractivity contribution in [2.45, 2.75) is 0 Å². The number of hydrogen-bond acceptors (Lipinski definition) is 3. The van der Waals surface area contributed by atoms with Crippen molar-refractivity contribution in [3.8, 4) is 0 Å². The van der Waals surface area contributed by atoms with E-state index < -0.39 is 0 Å². The third-order valence-electron chi connectivity index (χ3n) is 2.54. The lowest BCUT2D eigenvalue weighted by atomic mass is 10.2. The van der Waals surface area contributed by atoms with Gasteiger partial charge in [-0.1, -0.05) is 12.2 Å². The van der Waals surface area contributed by atoms with Crippen molar-refractivity contribution in [1.82, 2.24) is 4.90 Å². The van der Waals surface area contributed by atoms with Crippen molar-refractivity contribution in [1.29, 1.82) is 0 Å². The molecule has 0 aromatic heterocycles. The minimum absolute atomic E-state index is 0.0880. The van der Waals surface area contributed by atoms with Gasteiger partial charge in [0.15, 0.2) is 0 Å². The molecule has 17 heavy (non-hydrogen) atoms. The molecular formula is C12H18FN3S. The lowest BCUT2D eigenvalue weighted by molar-refractivity contribution is 0.416. The molecule has 1 aromatic carbocycles. The molecular weight excluding hydrogens is 237 g/mol. The quantitative estimate of drug-likeness (QED) is 0.807. The Bertz CT molecular complexity index is 407. The Morgan fingerprint density at radius 2 is 1.94 bits per heavy atom. The van der Waals surface area contributed by atoms with Crippen molar-refractivity contribution < 1.29 is 4.39 Å². The van der Waals surface area contributed by atoms with Crippen molar-refractivity contribution in [2.75, 3.05) is 39.1 Å². The summed E-state index contributed by atoms with van der Waals surface area (Å²) in [5.74, 6) is -0.369. The second kappa shape index (κ2) is 5.93. The predicted molar refractivity (Wildman–Crippen MR) is 74.1 cm³/mol. The number of nitrogens with two attached hydrogens (primary N) is 1. The minimum Gasteiger partial charge on any atom is -0.389 e. The Labute approximate surface area is 107 Å². The van der Waals surface area contributed by atoms with Crippen molar-refractivity contribution in [3.63, 3.8) is 0 Å². The fourth-order valence-electron chi connectivity index (χ4n) is 1.42. The predicted octanol–water partition coefficient (Wildman–Crippen LogP) is 1.46. The van der Waals surface area contributed by atoms with Crippen molar-refractivity contribution in [3.05, 3.63) is 29.6 Å². The van der Waals surface area contributed by atoms with Crippen LogP contribution in [0.5, 0.6) is 0 Å². The highest BCUT2D eigenvalue weighted by atomic mass is 32.1. The summed E-state index contributed by atoms with van der Waals surface area (Å²) in [4.78, 5) is 4.16. The molecule has 0 saturated carbocycles. The van der Waals surface area contributed by atoms with Gasteiger partial charge in [0.2, 0.25) is 0 Å². The van der Waals surface area contributed by atoms with Crippen LogP contribution in [0.25, 0.3) is 0 Å². The van der Waals surface area contributed by atoms with Gasteiger partial charge in [0, 0.05) is 31.4 Å². The maximum Gasteiger partial charge on any atom is 0.135 e. The Kier molecular flexibility index (Phi) is 4.84. The van der Waals surface area contributed by atoms with Crippen LogP contribution >= 0.6 is 12.2 Å². The summed E-state index contributed by atoms with van der Waals surface area (Å²) in [6, 6.07) is 4.91. The van der Waals surface area contributed by atoms with Gasteiger partial charge in [0.05, 0.1) is 0 Å². The molecule has 0 fully saturated rings. The van der Waals surface area contributed by atoms with E-state index in [1.165, 1.54) is 6.07 Å². The summed E-state index contributed by atoms with van der Waals surface area (Å²) in [6.07, 6.45) is 0. The van der Waals surface area contributed by atoms with Gasteiger partial charge >= 0.3 is 0 Å². The van der Waals surface area contributed by atoms with Crippen LogP contribution in [0.15, 0.2) is 18.2 Å². The maximum atomic E-state index is 13.7. The van der Waals surface area contributed by atoms with Crippen LogP contribution in [0.4, 0.5) is 10.1 Å². The van der Waals surface area contributed by atoms with Gasteiger partial charge in [-0.2, -0.15) is 0 Å². The molecule has 0 spiro atoms. The van der Waals surface area contributed by atoms with Crippen molar-refractivity contribution >= 4 is 22.9 Å². The highest BCUT2D eigenvalue weighted by molar-refractivity contribution is 7.80. The molecule has 0 bridgehead atoms. The number of rotatable bonds is 5. The molecule has 0 aliphatic rings. The number of nitrogens with zero attached hydrogens (tertiary/aromatic N) is 2. The number of thiocarbonyl (C=S) groups is 1. The number of likely N-dealkylation sites (N-methyl/N-ethyl adjacent to an activating group) is 2. The van der Waals surface area contributed by atoms with Gasteiger partial charge in [-0.15, -0.1) is 0 Å². The first kappa shape index (κ1) is 13.9. The monoisotopic (exact) mass is 255 g/mol. The van der Waals surface area contributed by atoms with Crippen LogP contribution < -0.4 is 10.6 Å². The first-order chi connectivity index (χ1) is 7.91. The molecule has 2 N–H and O–H groups in total. The lowest BCUT2D eigenvalue weighted by Crippen LogP contribution is -2.28. The van der Waals surface area contributed by atoms with Crippen LogP contribution in [0, 0.1) is 5.82 Å². The van der Waals surface area contributed by atoms with E-state index in [0.29, 0.717) is 5.56 Å². The average molecular weight is 255 g/mol. The summed E-state index contributed by atoms with van der Waals surface area (Å²) in [5, 5.41) is 0. The lowest BCUT2D eigenvalue weighted by Gasteiger charge is -2.22. The number of anilines is 1. The summed E-state index contributed by atoms with van der Waals surface area (Å²) in [6.45, 7) is 1.74. The molecule has 0 aliphatic heterocycles. The topological polar surface area (TPSA) is 32.5 Å². The Morgan fingerprint density at radius 3 is 2.41 bits per heavy atom. The highest BCUT2D eigenvalue weighted by Crippen LogP contribution is 2.17. The van der Waals surface area contributed by atoms with Crippen LogP contribution in [0.3, 0.4) is 0 Å².